The van der Waals surface area contributed by atoms with Crippen molar-refractivity contribution in [1.82, 2.24) is 10.3 Å². The van der Waals surface area contributed by atoms with Gasteiger partial charge >= 0.3 is 0 Å². The van der Waals surface area contributed by atoms with Crippen LogP contribution < -0.4 is 5.32 Å². The standard InChI is InChI=1S/C17H20N2/c1-3-12-5-2-10-18-17(12)15(4-1)11-19-16(13-6-7-13)14-8-9-14/h1-5,10,13-14,16,19H,6-9,11H2. The third kappa shape index (κ3) is 2.37. The van der Waals surface area contributed by atoms with Crippen LogP contribution in [-0.4, -0.2) is 11.0 Å². The molecule has 0 saturated heterocycles. The Morgan fingerprint density at radius 3 is 2.53 bits per heavy atom. The van der Waals surface area contributed by atoms with Crippen molar-refractivity contribution in [1.29, 1.82) is 0 Å². The minimum absolute atomic E-state index is 0.763. The number of pyridine rings is 1. The minimum Gasteiger partial charge on any atom is -0.309 e. The van der Waals surface area contributed by atoms with Crippen LogP contribution in [0.5, 0.6) is 0 Å². The highest BCUT2D eigenvalue weighted by atomic mass is 14.9. The van der Waals surface area contributed by atoms with Crippen molar-refractivity contribution in [2.24, 2.45) is 11.8 Å². The van der Waals surface area contributed by atoms with E-state index in [1.54, 1.807) is 0 Å². The molecule has 2 saturated carbocycles. The van der Waals surface area contributed by atoms with Crippen molar-refractivity contribution in [3.63, 3.8) is 0 Å². The summed E-state index contributed by atoms with van der Waals surface area (Å²) in [5.41, 5.74) is 2.49. The molecule has 98 valence electrons. The van der Waals surface area contributed by atoms with Gasteiger partial charge in [-0.25, -0.2) is 0 Å². The summed E-state index contributed by atoms with van der Waals surface area (Å²) in [4.78, 5) is 4.54. The third-order valence-corrected chi connectivity index (χ3v) is 4.50. The second-order valence-corrected chi connectivity index (χ2v) is 6.07. The van der Waals surface area contributed by atoms with Gasteiger partial charge in [0.15, 0.2) is 0 Å². The van der Waals surface area contributed by atoms with Gasteiger partial charge in [-0.05, 0) is 49.1 Å². The van der Waals surface area contributed by atoms with E-state index in [9.17, 15) is 0 Å². The zero-order chi connectivity index (χ0) is 12.7. The Bertz CT molecular complexity index is 567. The first-order chi connectivity index (χ1) is 9.42. The second-order valence-electron chi connectivity index (χ2n) is 6.07. The summed E-state index contributed by atoms with van der Waals surface area (Å²) in [5, 5.41) is 5.06. The molecule has 0 radical (unpaired) electrons. The molecule has 2 aromatic rings. The van der Waals surface area contributed by atoms with Crippen molar-refractivity contribution in [3.05, 3.63) is 42.1 Å². The van der Waals surface area contributed by atoms with Gasteiger partial charge in [-0.15, -0.1) is 0 Å². The molecule has 0 atom stereocenters. The van der Waals surface area contributed by atoms with Crippen LogP contribution in [0.1, 0.15) is 31.2 Å². The lowest BCUT2D eigenvalue weighted by molar-refractivity contribution is 0.416. The van der Waals surface area contributed by atoms with E-state index in [2.05, 4.69) is 34.6 Å². The van der Waals surface area contributed by atoms with Crippen LogP contribution in [0.3, 0.4) is 0 Å². The number of aromatic nitrogens is 1. The zero-order valence-electron chi connectivity index (χ0n) is 11.2. The Morgan fingerprint density at radius 1 is 1.05 bits per heavy atom. The van der Waals surface area contributed by atoms with E-state index >= 15 is 0 Å². The monoisotopic (exact) mass is 252 g/mol. The van der Waals surface area contributed by atoms with E-state index in [-0.39, 0.29) is 0 Å². The lowest BCUT2D eigenvalue weighted by atomic mass is 10.1. The maximum atomic E-state index is 4.54. The average molecular weight is 252 g/mol. The molecule has 1 N–H and O–H groups in total. The van der Waals surface area contributed by atoms with Crippen LogP contribution in [0.2, 0.25) is 0 Å². The summed E-state index contributed by atoms with van der Waals surface area (Å²) < 4.78 is 0. The third-order valence-electron chi connectivity index (χ3n) is 4.50. The number of benzene rings is 1. The number of para-hydroxylation sites is 1. The highest BCUT2D eigenvalue weighted by Gasteiger charge is 2.40. The summed E-state index contributed by atoms with van der Waals surface area (Å²) in [6.07, 6.45) is 7.62. The number of fused-ring (bicyclic) bond motifs is 1. The second kappa shape index (κ2) is 4.61. The van der Waals surface area contributed by atoms with Gasteiger partial charge in [-0.1, -0.05) is 24.3 Å². The highest BCUT2D eigenvalue weighted by Crippen LogP contribution is 2.44. The van der Waals surface area contributed by atoms with E-state index in [0.717, 1.165) is 29.9 Å². The Kier molecular flexibility index (Phi) is 2.77. The molecule has 1 aromatic heterocycles. The maximum absolute atomic E-state index is 4.54. The van der Waals surface area contributed by atoms with Crippen LogP contribution in [0.15, 0.2) is 36.5 Å². The van der Waals surface area contributed by atoms with E-state index in [1.165, 1.54) is 36.6 Å². The van der Waals surface area contributed by atoms with Crippen LogP contribution in [0.4, 0.5) is 0 Å². The van der Waals surface area contributed by atoms with Crippen molar-refractivity contribution >= 4 is 10.9 Å². The molecular formula is C17H20N2. The molecule has 2 aliphatic carbocycles. The molecule has 1 heterocycles. The average Bonchev–Trinajstić information content (AvgIpc) is 3.33. The molecule has 0 aliphatic heterocycles. The lowest BCUT2D eigenvalue weighted by Gasteiger charge is -2.18. The lowest BCUT2D eigenvalue weighted by Crippen LogP contribution is -2.32. The molecule has 0 unspecified atom stereocenters. The zero-order valence-corrected chi connectivity index (χ0v) is 11.2. The summed E-state index contributed by atoms with van der Waals surface area (Å²) in [6, 6.07) is 11.4. The molecule has 2 aliphatic rings. The Balaban J connectivity index is 1.54. The topological polar surface area (TPSA) is 24.9 Å². The number of nitrogens with zero attached hydrogens (tertiary/aromatic N) is 1. The number of rotatable bonds is 5. The molecule has 0 spiro atoms. The molecule has 2 heteroatoms. The van der Waals surface area contributed by atoms with E-state index in [0.29, 0.717) is 0 Å². The van der Waals surface area contributed by atoms with Gasteiger partial charge in [-0.2, -0.15) is 0 Å². The molecule has 19 heavy (non-hydrogen) atoms. The van der Waals surface area contributed by atoms with Gasteiger partial charge in [0.2, 0.25) is 0 Å². The Hall–Kier alpha value is -1.41. The van der Waals surface area contributed by atoms with E-state index in [1.807, 2.05) is 12.3 Å². The van der Waals surface area contributed by atoms with Crippen LogP contribution in [0.25, 0.3) is 10.9 Å². The predicted molar refractivity (Wildman–Crippen MR) is 77.8 cm³/mol. The smallest absolute Gasteiger partial charge is 0.0746 e. The largest absolute Gasteiger partial charge is 0.309 e. The Labute approximate surface area is 114 Å². The predicted octanol–water partition coefficient (Wildman–Crippen LogP) is 3.51. The summed E-state index contributed by atoms with van der Waals surface area (Å²) in [6.45, 7) is 0.964. The fourth-order valence-corrected chi connectivity index (χ4v) is 3.17. The molecule has 2 nitrogen and oxygen atoms in total. The van der Waals surface area contributed by atoms with E-state index in [4.69, 9.17) is 0 Å². The van der Waals surface area contributed by atoms with Crippen molar-refractivity contribution in [2.75, 3.05) is 0 Å². The van der Waals surface area contributed by atoms with Crippen molar-refractivity contribution in [2.45, 2.75) is 38.3 Å². The van der Waals surface area contributed by atoms with Crippen LogP contribution in [0, 0.1) is 11.8 Å². The van der Waals surface area contributed by atoms with Crippen molar-refractivity contribution in [3.8, 4) is 0 Å². The molecular weight excluding hydrogens is 232 g/mol. The van der Waals surface area contributed by atoms with Gasteiger partial charge in [0.25, 0.3) is 0 Å². The summed E-state index contributed by atoms with van der Waals surface area (Å²) >= 11 is 0. The molecule has 0 amide bonds. The van der Waals surface area contributed by atoms with Crippen LogP contribution in [-0.2, 0) is 6.54 Å². The fraction of sp³-hybridized carbons (Fsp3) is 0.471. The number of nitrogens with one attached hydrogen (secondary N) is 1. The normalized spacial score (nSPS) is 19.2. The molecule has 1 aromatic carbocycles. The molecule has 0 bridgehead atoms. The molecule has 2 fully saturated rings. The van der Waals surface area contributed by atoms with Gasteiger partial charge in [0.1, 0.15) is 0 Å². The van der Waals surface area contributed by atoms with Gasteiger partial charge < -0.3 is 5.32 Å². The first kappa shape index (κ1) is 11.4. The van der Waals surface area contributed by atoms with Crippen molar-refractivity contribution < 1.29 is 0 Å². The molecule has 4 rings (SSSR count). The first-order valence-electron chi connectivity index (χ1n) is 7.48. The summed E-state index contributed by atoms with van der Waals surface area (Å²) in [5.74, 6) is 1.91. The summed E-state index contributed by atoms with van der Waals surface area (Å²) in [7, 11) is 0. The minimum atomic E-state index is 0.763. The quantitative estimate of drug-likeness (QED) is 0.880. The SMILES string of the molecule is c1cnc2c(CNC(C3CC3)C3CC3)cccc2c1. The van der Waals surface area contributed by atoms with Gasteiger partial charge in [-0.3, -0.25) is 4.98 Å². The Morgan fingerprint density at radius 2 is 1.79 bits per heavy atom. The maximum Gasteiger partial charge on any atom is 0.0746 e. The van der Waals surface area contributed by atoms with E-state index < -0.39 is 0 Å². The first-order valence-corrected chi connectivity index (χ1v) is 7.48. The van der Waals surface area contributed by atoms with Gasteiger partial charge in [0, 0.05) is 24.2 Å². The number of hydrogen-bond donors (Lipinski definition) is 1. The van der Waals surface area contributed by atoms with Crippen LogP contribution >= 0.6 is 0 Å². The van der Waals surface area contributed by atoms with Gasteiger partial charge in [0.05, 0.1) is 5.52 Å². The highest BCUT2D eigenvalue weighted by molar-refractivity contribution is 5.81. The number of hydrogen-bond acceptors (Lipinski definition) is 2. The fourth-order valence-electron chi connectivity index (χ4n) is 3.17.